The quantitative estimate of drug-likeness (QED) is 0.565. The van der Waals surface area contributed by atoms with E-state index in [1.807, 2.05) is 0 Å². The second kappa shape index (κ2) is 3.33. The Morgan fingerprint density at radius 1 is 1.42 bits per heavy atom. The Kier molecular flexibility index (Phi) is 2.59. The Hall–Kier alpha value is -0.740. The molecule has 5 heteroatoms. The van der Waals surface area contributed by atoms with Gasteiger partial charge < -0.3 is 5.73 Å². The van der Waals surface area contributed by atoms with Crippen molar-refractivity contribution in [3.63, 3.8) is 0 Å². The van der Waals surface area contributed by atoms with Crippen molar-refractivity contribution < 1.29 is 8.78 Å². The SMILES string of the molecule is NC(=S)c1ccc(F)c(Cl)c1F. The highest BCUT2D eigenvalue weighted by Crippen LogP contribution is 2.21. The van der Waals surface area contributed by atoms with Crippen LogP contribution in [0.15, 0.2) is 12.1 Å². The van der Waals surface area contributed by atoms with E-state index in [0.717, 1.165) is 12.1 Å². The number of hydrogen-bond acceptors (Lipinski definition) is 1. The highest BCUT2D eigenvalue weighted by Gasteiger charge is 2.12. The molecule has 0 aliphatic heterocycles. The topological polar surface area (TPSA) is 26.0 Å². The van der Waals surface area contributed by atoms with Gasteiger partial charge in [-0.3, -0.25) is 0 Å². The summed E-state index contributed by atoms with van der Waals surface area (Å²) < 4.78 is 25.5. The molecule has 0 saturated heterocycles. The first kappa shape index (κ1) is 9.35. The van der Waals surface area contributed by atoms with Gasteiger partial charge in [-0.1, -0.05) is 23.8 Å². The molecule has 0 atom stereocenters. The molecule has 0 aliphatic carbocycles. The maximum Gasteiger partial charge on any atom is 0.154 e. The third-order valence-corrected chi connectivity index (χ3v) is 1.87. The molecule has 0 fully saturated rings. The first-order valence-corrected chi connectivity index (χ1v) is 3.76. The minimum absolute atomic E-state index is 0.0450. The summed E-state index contributed by atoms with van der Waals surface area (Å²) in [7, 11) is 0. The van der Waals surface area contributed by atoms with Gasteiger partial charge in [-0.25, -0.2) is 8.78 Å². The maximum atomic E-state index is 13.0. The van der Waals surface area contributed by atoms with Gasteiger partial charge in [0.2, 0.25) is 0 Å². The van der Waals surface area contributed by atoms with Gasteiger partial charge in [-0.05, 0) is 12.1 Å². The summed E-state index contributed by atoms with van der Waals surface area (Å²) in [5.74, 6) is -1.74. The molecule has 12 heavy (non-hydrogen) atoms. The largest absolute Gasteiger partial charge is 0.389 e. The van der Waals surface area contributed by atoms with E-state index in [1.54, 1.807) is 0 Å². The van der Waals surface area contributed by atoms with Crippen molar-refractivity contribution in [3.8, 4) is 0 Å². The van der Waals surface area contributed by atoms with Crippen LogP contribution in [0, 0.1) is 11.6 Å². The van der Waals surface area contributed by atoms with Crippen molar-refractivity contribution in [2.24, 2.45) is 5.73 Å². The van der Waals surface area contributed by atoms with Crippen LogP contribution in [0.25, 0.3) is 0 Å². The first-order valence-electron chi connectivity index (χ1n) is 2.97. The molecule has 0 bridgehead atoms. The lowest BCUT2D eigenvalue weighted by Crippen LogP contribution is -2.12. The van der Waals surface area contributed by atoms with Gasteiger partial charge in [0.05, 0.1) is 0 Å². The minimum atomic E-state index is -0.913. The Morgan fingerprint density at radius 2 is 2.00 bits per heavy atom. The lowest BCUT2D eigenvalue weighted by atomic mass is 10.2. The first-order chi connectivity index (χ1) is 5.54. The van der Waals surface area contributed by atoms with Crippen LogP contribution in [-0.4, -0.2) is 4.99 Å². The van der Waals surface area contributed by atoms with Gasteiger partial charge in [0, 0.05) is 5.56 Å². The monoisotopic (exact) mass is 207 g/mol. The molecule has 0 aromatic heterocycles. The van der Waals surface area contributed by atoms with Crippen LogP contribution in [0.5, 0.6) is 0 Å². The van der Waals surface area contributed by atoms with Crippen molar-refractivity contribution in [2.45, 2.75) is 0 Å². The van der Waals surface area contributed by atoms with Gasteiger partial charge in [0.1, 0.15) is 15.8 Å². The van der Waals surface area contributed by atoms with Crippen LogP contribution in [0.2, 0.25) is 5.02 Å². The molecule has 0 radical (unpaired) electrons. The molecule has 0 amide bonds. The fraction of sp³-hybridized carbons (Fsp3) is 0. The fourth-order valence-corrected chi connectivity index (χ4v) is 1.04. The van der Waals surface area contributed by atoms with Crippen molar-refractivity contribution in [1.29, 1.82) is 0 Å². The van der Waals surface area contributed by atoms with Crippen LogP contribution in [0.1, 0.15) is 5.56 Å². The van der Waals surface area contributed by atoms with Crippen LogP contribution >= 0.6 is 23.8 Å². The minimum Gasteiger partial charge on any atom is -0.389 e. The van der Waals surface area contributed by atoms with E-state index in [0.29, 0.717) is 0 Å². The third kappa shape index (κ3) is 1.54. The Morgan fingerprint density at radius 3 is 2.50 bits per heavy atom. The van der Waals surface area contributed by atoms with Crippen molar-refractivity contribution in [3.05, 3.63) is 34.4 Å². The van der Waals surface area contributed by atoms with E-state index in [1.165, 1.54) is 0 Å². The summed E-state index contributed by atoms with van der Waals surface area (Å²) >= 11 is 9.77. The number of nitrogens with two attached hydrogens (primary N) is 1. The molecule has 0 saturated carbocycles. The number of thiocarbonyl (C=S) groups is 1. The molecule has 0 aliphatic rings. The number of benzene rings is 1. The van der Waals surface area contributed by atoms with Gasteiger partial charge in [-0.2, -0.15) is 0 Å². The van der Waals surface area contributed by atoms with Crippen LogP contribution in [0.4, 0.5) is 8.78 Å². The molecule has 0 unspecified atom stereocenters. The van der Waals surface area contributed by atoms with E-state index >= 15 is 0 Å². The van der Waals surface area contributed by atoms with E-state index in [2.05, 4.69) is 12.2 Å². The van der Waals surface area contributed by atoms with Crippen molar-refractivity contribution >= 4 is 28.8 Å². The lowest BCUT2D eigenvalue weighted by Gasteiger charge is -2.02. The fourth-order valence-electron chi connectivity index (χ4n) is 0.716. The van der Waals surface area contributed by atoms with E-state index in [-0.39, 0.29) is 10.6 Å². The summed E-state index contributed by atoms with van der Waals surface area (Å²) in [6.45, 7) is 0. The van der Waals surface area contributed by atoms with Gasteiger partial charge in [0.25, 0.3) is 0 Å². The predicted octanol–water partition coefficient (Wildman–Crippen LogP) is 2.25. The molecule has 1 rings (SSSR count). The summed E-state index contributed by atoms with van der Waals surface area (Å²) in [4.78, 5) is -0.144. The highest BCUT2D eigenvalue weighted by atomic mass is 35.5. The third-order valence-electron chi connectivity index (χ3n) is 1.30. The maximum absolute atomic E-state index is 13.0. The molecular weight excluding hydrogens is 204 g/mol. The second-order valence-corrected chi connectivity index (χ2v) is 2.90. The Bertz CT molecular complexity index is 340. The average Bonchev–Trinajstić information content (AvgIpc) is 2.00. The number of hydrogen-bond donors (Lipinski definition) is 1. The second-order valence-electron chi connectivity index (χ2n) is 2.09. The van der Waals surface area contributed by atoms with Crippen LogP contribution in [-0.2, 0) is 0 Å². The van der Waals surface area contributed by atoms with Crippen molar-refractivity contribution in [2.75, 3.05) is 0 Å². The Balaban J connectivity index is 3.36. The molecule has 64 valence electrons. The van der Waals surface area contributed by atoms with Gasteiger partial charge in [0.15, 0.2) is 5.82 Å². The van der Waals surface area contributed by atoms with Gasteiger partial charge >= 0.3 is 0 Å². The normalized spacial score (nSPS) is 9.92. The summed E-state index contributed by atoms with van der Waals surface area (Å²) in [5, 5.41) is -0.583. The zero-order valence-corrected chi connectivity index (χ0v) is 7.35. The average molecular weight is 208 g/mol. The van der Waals surface area contributed by atoms with Crippen LogP contribution < -0.4 is 5.73 Å². The molecule has 1 nitrogen and oxygen atoms in total. The smallest absolute Gasteiger partial charge is 0.154 e. The van der Waals surface area contributed by atoms with E-state index < -0.39 is 16.7 Å². The molecular formula is C7H4ClF2NS. The predicted molar refractivity (Wildman–Crippen MR) is 47.3 cm³/mol. The van der Waals surface area contributed by atoms with Crippen molar-refractivity contribution in [1.82, 2.24) is 0 Å². The van der Waals surface area contributed by atoms with Crippen LogP contribution in [0.3, 0.4) is 0 Å². The summed E-state index contributed by atoms with van der Waals surface area (Å²) in [6, 6.07) is 2.17. The lowest BCUT2D eigenvalue weighted by molar-refractivity contribution is 0.582. The molecule has 2 N–H and O–H groups in total. The zero-order chi connectivity index (χ0) is 9.30. The summed E-state index contributed by atoms with van der Waals surface area (Å²) in [6.07, 6.45) is 0. The number of rotatable bonds is 1. The molecule has 0 spiro atoms. The summed E-state index contributed by atoms with van der Waals surface area (Å²) in [5.41, 5.74) is 5.10. The zero-order valence-electron chi connectivity index (χ0n) is 5.77. The molecule has 1 aromatic rings. The number of halogens is 3. The molecule has 1 aromatic carbocycles. The molecule has 0 heterocycles. The highest BCUT2D eigenvalue weighted by molar-refractivity contribution is 7.80. The van der Waals surface area contributed by atoms with E-state index in [4.69, 9.17) is 17.3 Å². The van der Waals surface area contributed by atoms with Gasteiger partial charge in [-0.15, -0.1) is 0 Å². The Labute approximate surface area is 78.1 Å². The standard InChI is InChI=1S/C7H4ClF2NS/c8-5-4(9)2-1-3(6(5)10)7(11)12/h1-2H,(H2,11,12). The van der Waals surface area contributed by atoms with E-state index in [9.17, 15) is 8.78 Å².